The first-order valence-electron chi connectivity index (χ1n) is 5.47. The molecule has 94 valence electrons. The van der Waals surface area contributed by atoms with Gasteiger partial charge in [-0.05, 0) is 25.0 Å². The maximum Gasteiger partial charge on any atom is 0.323 e. The smallest absolute Gasteiger partial charge is 0.323 e. The maximum atomic E-state index is 12.1. The Balaban J connectivity index is 2.82. The molecule has 17 heavy (non-hydrogen) atoms. The van der Waals surface area contributed by atoms with Crippen LogP contribution in [0.1, 0.15) is 28.4 Å². The normalized spacial score (nSPS) is 10.6. The molecule has 1 rings (SSSR count). The van der Waals surface area contributed by atoms with E-state index in [2.05, 4.69) is 0 Å². The molecule has 1 aromatic rings. The summed E-state index contributed by atoms with van der Waals surface area (Å²) in [5.41, 5.74) is 0. The summed E-state index contributed by atoms with van der Waals surface area (Å²) >= 11 is 1.39. The molecule has 0 unspecified atom stereocenters. The second-order valence-electron chi connectivity index (χ2n) is 4.38. The van der Waals surface area contributed by atoms with Gasteiger partial charge in [0, 0.05) is 11.4 Å². The highest BCUT2D eigenvalue weighted by Crippen LogP contribution is 2.17. The summed E-state index contributed by atoms with van der Waals surface area (Å²) in [6.07, 6.45) is 0. The summed E-state index contributed by atoms with van der Waals surface area (Å²) in [4.78, 5) is 25.9. The molecule has 1 amide bonds. The van der Waals surface area contributed by atoms with Crippen LogP contribution in [0.15, 0.2) is 12.1 Å². The lowest BCUT2D eigenvalue weighted by atomic mass is 10.2. The lowest BCUT2D eigenvalue weighted by Gasteiger charge is -2.21. The number of carboxylic acids is 1. The molecule has 0 aromatic carbocycles. The largest absolute Gasteiger partial charge is 0.480 e. The Kier molecular flexibility index (Phi) is 4.69. The van der Waals surface area contributed by atoms with Crippen molar-refractivity contribution in [2.45, 2.75) is 20.8 Å². The fourth-order valence-corrected chi connectivity index (χ4v) is 2.36. The fraction of sp³-hybridized carbons (Fsp3) is 0.500. The van der Waals surface area contributed by atoms with Crippen molar-refractivity contribution in [2.75, 3.05) is 13.1 Å². The predicted molar refractivity (Wildman–Crippen MR) is 67.4 cm³/mol. The highest BCUT2D eigenvalue weighted by Gasteiger charge is 2.20. The summed E-state index contributed by atoms with van der Waals surface area (Å²) in [7, 11) is 0. The van der Waals surface area contributed by atoms with Crippen LogP contribution in [0.2, 0.25) is 0 Å². The van der Waals surface area contributed by atoms with Crippen LogP contribution < -0.4 is 0 Å². The van der Waals surface area contributed by atoms with Crippen LogP contribution in [0.25, 0.3) is 0 Å². The van der Waals surface area contributed by atoms with Gasteiger partial charge in [-0.15, -0.1) is 11.3 Å². The van der Waals surface area contributed by atoms with Gasteiger partial charge in [0.2, 0.25) is 0 Å². The van der Waals surface area contributed by atoms with Crippen LogP contribution in [0.5, 0.6) is 0 Å². The number of carbonyl (C=O) groups is 2. The van der Waals surface area contributed by atoms with Crippen molar-refractivity contribution in [3.8, 4) is 0 Å². The molecular formula is C12H17NO3S. The van der Waals surface area contributed by atoms with Gasteiger partial charge in [0.1, 0.15) is 6.54 Å². The molecule has 1 heterocycles. The van der Waals surface area contributed by atoms with Crippen molar-refractivity contribution < 1.29 is 14.7 Å². The molecule has 0 fully saturated rings. The average molecular weight is 255 g/mol. The van der Waals surface area contributed by atoms with Gasteiger partial charge in [-0.2, -0.15) is 0 Å². The monoisotopic (exact) mass is 255 g/mol. The molecule has 0 radical (unpaired) electrons. The molecule has 0 bridgehead atoms. The molecule has 1 aromatic heterocycles. The fourth-order valence-electron chi connectivity index (χ4n) is 1.53. The SMILES string of the molecule is Cc1ccc(C(=O)N(CC(=O)O)CC(C)C)s1. The average Bonchev–Trinajstić information content (AvgIpc) is 2.61. The summed E-state index contributed by atoms with van der Waals surface area (Å²) in [5, 5.41) is 8.81. The number of nitrogens with zero attached hydrogens (tertiary/aromatic N) is 1. The van der Waals surface area contributed by atoms with Crippen LogP contribution in [-0.2, 0) is 4.79 Å². The Bertz CT molecular complexity index is 412. The standard InChI is InChI=1S/C12H17NO3S/c1-8(2)6-13(7-11(14)15)12(16)10-5-4-9(3)17-10/h4-5,8H,6-7H2,1-3H3,(H,14,15). The van der Waals surface area contributed by atoms with E-state index in [1.54, 1.807) is 6.07 Å². The first-order chi connectivity index (χ1) is 7.90. The highest BCUT2D eigenvalue weighted by molar-refractivity contribution is 7.13. The van der Waals surface area contributed by atoms with E-state index in [0.717, 1.165) is 4.88 Å². The highest BCUT2D eigenvalue weighted by atomic mass is 32.1. The molecule has 5 heteroatoms. The summed E-state index contributed by atoms with van der Waals surface area (Å²) in [6, 6.07) is 3.61. The molecule has 0 aliphatic heterocycles. The number of hydrogen-bond acceptors (Lipinski definition) is 3. The number of rotatable bonds is 5. The van der Waals surface area contributed by atoms with Crippen LogP contribution >= 0.6 is 11.3 Å². The lowest BCUT2D eigenvalue weighted by Crippen LogP contribution is -2.37. The number of carbonyl (C=O) groups excluding carboxylic acids is 1. The van der Waals surface area contributed by atoms with E-state index in [1.807, 2.05) is 26.8 Å². The molecule has 0 saturated heterocycles. The van der Waals surface area contributed by atoms with Crippen molar-refractivity contribution in [3.05, 3.63) is 21.9 Å². The molecule has 1 N–H and O–H groups in total. The quantitative estimate of drug-likeness (QED) is 0.877. The van der Waals surface area contributed by atoms with Crippen molar-refractivity contribution in [2.24, 2.45) is 5.92 Å². The summed E-state index contributed by atoms with van der Waals surface area (Å²) in [5.74, 6) is -0.925. The van der Waals surface area contributed by atoms with Gasteiger partial charge in [0.15, 0.2) is 0 Å². The van der Waals surface area contributed by atoms with E-state index in [9.17, 15) is 9.59 Å². The lowest BCUT2D eigenvalue weighted by molar-refractivity contribution is -0.137. The van der Waals surface area contributed by atoms with Gasteiger partial charge in [0.05, 0.1) is 4.88 Å². The van der Waals surface area contributed by atoms with Crippen LogP contribution in [0, 0.1) is 12.8 Å². The number of amides is 1. The van der Waals surface area contributed by atoms with Gasteiger partial charge in [-0.25, -0.2) is 0 Å². The minimum atomic E-state index is -0.979. The first kappa shape index (κ1) is 13.7. The third-order valence-corrected chi connectivity index (χ3v) is 3.14. The van der Waals surface area contributed by atoms with E-state index in [-0.39, 0.29) is 18.4 Å². The maximum absolute atomic E-state index is 12.1. The van der Waals surface area contributed by atoms with E-state index >= 15 is 0 Å². The minimum absolute atomic E-state index is 0.195. The van der Waals surface area contributed by atoms with Gasteiger partial charge in [0.25, 0.3) is 5.91 Å². The molecule has 0 spiro atoms. The third kappa shape index (κ3) is 4.19. The molecule has 4 nitrogen and oxygen atoms in total. The predicted octanol–water partition coefficient (Wildman–Crippen LogP) is 2.24. The summed E-state index contributed by atoms with van der Waals surface area (Å²) < 4.78 is 0. The van der Waals surface area contributed by atoms with Gasteiger partial charge < -0.3 is 10.0 Å². The minimum Gasteiger partial charge on any atom is -0.480 e. The van der Waals surface area contributed by atoms with Crippen molar-refractivity contribution in [1.82, 2.24) is 4.90 Å². The molecule has 0 saturated carbocycles. The molecule has 0 aliphatic carbocycles. The van der Waals surface area contributed by atoms with Crippen molar-refractivity contribution in [1.29, 1.82) is 0 Å². The Morgan fingerprint density at radius 1 is 1.41 bits per heavy atom. The topological polar surface area (TPSA) is 57.6 Å². The molecule has 0 aliphatic rings. The van der Waals surface area contributed by atoms with E-state index < -0.39 is 5.97 Å². The zero-order chi connectivity index (χ0) is 13.0. The van der Waals surface area contributed by atoms with Crippen LogP contribution in [-0.4, -0.2) is 35.0 Å². The second kappa shape index (κ2) is 5.82. The Labute approximate surface area is 105 Å². The van der Waals surface area contributed by atoms with E-state index in [0.29, 0.717) is 11.4 Å². The number of carboxylic acid groups (broad SMARTS) is 1. The molecule has 0 atom stereocenters. The number of aryl methyl sites for hydroxylation is 1. The zero-order valence-corrected chi connectivity index (χ0v) is 11.1. The molecular weight excluding hydrogens is 238 g/mol. The number of thiophene rings is 1. The Hall–Kier alpha value is -1.36. The first-order valence-corrected chi connectivity index (χ1v) is 6.29. The van der Waals surface area contributed by atoms with Gasteiger partial charge in [-0.1, -0.05) is 13.8 Å². The third-order valence-electron chi connectivity index (χ3n) is 2.15. The Morgan fingerprint density at radius 2 is 2.06 bits per heavy atom. The number of aliphatic carboxylic acids is 1. The zero-order valence-electron chi connectivity index (χ0n) is 10.3. The Morgan fingerprint density at radius 3 is 2.47 bits per heavy atom. The van der Waals surface area contributed by atoms with E-state index in [4.69, 9.17) is 5.11 Å². The van der Waals surface area contributed by atoms with Crippen LogP contribution in [0.3, 0.4) is 0 Å². The van der Waals surface area contributed by atoms with E-state index in [1.165, 1.54) is 16.2 Å². The van der Waals surface area contributed by atoms with Crippen molar-refractivity contribution in [3.63, 3.8) is 0 Å². The van der Waals surface area contributed by atoms with Crippen LogP contribution in [0.4, 0.5) is 0 Å². The number of hydrogen-bond donors (Lipinski definition) is 1. The summed E-state index contributed by atoms with van der Waals surface area (Å²) in [6.45, 7) is 6.06. The van der Waals surface area contributed by atoms with Crippen molar-refractivity contribution >= 4 is 23.2 Å². The van der Waals surface area contributed by atoms with Gasteiger partial charge in [-0.3, -0.25) is 9.59 Å². The van der Waals surface area contributed by atoms with Gasteiger partial charge >= 0.3 is 5.97 Å². The second-order valence-corrected chi connectivity index (χ2v) is 5.67.